The lowest BCUT2D eigenvalue weighted by molar-refractivity contribution is -0.207. The maximum Gasteiger partial charge on any atom is 0.338 e. The molecule has 2 aromatic carbocycles. The third-order valence-corrected chi connectivity index (χ3v) is 9.90. The summed E-state index contributed by atoms with van der Waals surface area (Å²) in [4.78, 5) is 38.5. The largest absolute Gasteiger partial charge is 0.461 e. The number of carbonyl (C=O) groups is 3. The first kappa shape index (κ1) is 28.6. The number of alkyl halides is 1. The van der Waals surface area contributed by atoms with Crippen molar-refractivity contribution in [3.05, 3.63) is 83.9 Å². The monoisotopic (exact) mass is 564 g/mol. The number of ketones is 1. The third-order valence-electron chi connectivity index (χ3n) is 9.69. The second kappa shape index (κ2) is 11.9. The van der Waals surface area contributed by atoms with Crippen LogP contribution in [0.25, 0.3) is 0 Å². The van der Waals surface area contributed by atoms with Gasteiger partial charge in [0.25, 0.3) is 0 Å². The fourth-order valence-electron chi connectivity index (χ4n) is 7.58. The molecule has 0 aromatic heterocycles. The number of carbonyl (C=O) groups excluding carboxylic acids is 3. The van der Waals surface area contributed by atoms with Gasteiger partial charge in [0.2, 0.25) is 0 Å². The zero-order valence-electron chi connectivity index (χ0n) is 23.1. The van der Waals surface area contributed by atoms with Gasteiger partial charge in [-0.3, -0.25) is 9.59 Å². The number of ether oxygens (including phenoxy) is 3. The minimum Gasteiger partial charge on any atom is -0.461 e. The molecule has 0 bridgehead atoms. The van der Waals surface area contributed by atoms with E-state index in [1.165, 1.54) is 0 Å². The molecule has 40 heavy (non-hydrogen) atoms. The average Bonchev–Trinajstić information content (AvgIpc) is 2.98. The normalized spacial score (nSPS) is 33.0. The molecule has 0 spiro atoms. The van der Waals surface area contributed by atoms with Crippen molar-refractivity contribution in [1.82, 2.24) is 0 Å². The van der Waals surface area contributed by atoms with Crippen LogP contribution in [0.1, 0.15) is 55.5 Å². The van der Waals surface area contributed by atoms with Crippen LogP contribution in [0.3, 0.4) is 0 Å². The first-order chi connectivity index (χ1) is 19.3. The summed E-state index contributed by atoms with van der Waals surface area (Å²) in [6.45, 7) is 5.02. The van der Waals surface area contributed by atoms with Gasteiger partial charge in [-0.25, -0.2) is 4.79 Å². The van der Waals surface area contributed by atoms with Crippen molar-refractivity contribution >= 4 is 29.3 Å². The van der Waals surface area contributed by atoms with Gasteiger partial charge in [-0.1, -0.05) is 68.5 Å². The summed E-state index contributed by atoms with van der Waals surface area (Å²) in [7, 11) is 0. The molecule has 5 rings (SSSR count). The number of rotatable bonds is 8. The Balaban J connectivity index is 1.44. The number of hydrogen-bond acceptors (Lipinski definition) is 6. The lowest BCUT2D eigenvalue weighted by Gasteiger charge is -2.63. The van der Waals surface area contributed by atoms with Crippen molar-refractivity contribution < 1.29 is 28.6 Å². The molecule has 3 aliphatic rings. The fourth-order valence-corrected chi connectivity index (χ4v) is 7.64. The summed E-state index contributed by atoms with van der Waals surface area (Å²) in [5.74, 6) is -1.07. The highest BCUT2D eigenvalue weighted by Gasteiger charge is 2.64. The van der Waals surface area contributed by atoms with E-state index >= 15 is 0 Å². The second-order valence-electron chi connectivity index (χ2n) is 11.8. The van der Waals surface area contributed by atoms with Crippen LogP contribution in [0.15, 0.2) is 72.8 Å². The Kier molecular flexibility index (Phi) is 8.48. The first-order valence-electron chi connectivity index (χ1n) is 14.1. The molecule has 0 amide bonds. The zero-order valence-corrected chi connectivity index (χ0v) is 23.8. The topological polar surface area (TPSA) is 78.9 Å². The summed E-state index contributed by atoms with van der Waals surface area (Å²) in [6, 6.07) is 19.0. The van der Waals surface area contributed by atoms with Gasteiger partial charge in [0.15, 0.2) is 5.78 Å². The Hall–Kier alpha value is -2.96. The molecule has 6 nitrogen and oxygen atoms in total. The fraction of sp³-hybridized carbons (Fsp3) is 0.485. The number of benzene rings is 2. The quantitative estimate of drug-likeness (QED) is 0.282. The molecule has 0 N–H and O–H groups in total. The zero-order chi connectivity index (χ0) is 28.3. The van der Waals surface area contributed by atoms with Gasteiger partial charge in [0.1, 0.15) is 18.6 Å². The van der Waals surface area contributed by atoms with Crippen LogP contribution in [0.2, 0.25) is 0 Å². The van der Waals surface area contributed by atoms with Crippen molar-refractivity contribution in [3.63, 3.8) is 0 Å². The van der Waals surface area contributed by atoms with Crippen molar-refractivity contribution in [2.24, 2.45) is 28.6 Å². The van der Waals surface area contributed by atoms with Crippen LogP contribution < -0.4 is 0 Å². The number of hydrogen-bond donors (Lipinski definition) is 0. The molecular formula is C33H37ClO6. The van der Waals surface area contributed by atoms with Crippen LogP contribution >= 0.6 is 11.6 Å². The molecule has 0 radical (unpaired) electrons. The number of esters is 2. The molecule has 0 unspecified atom stereocenters. The Morgan fingerprint density at radius 1 is 1.05 bits per heavy atom. The summed E-state index contributed by atoms with van der Waals surface area (Å²) < 4.78 is 18.4. The first-order valence-corrected chi connectivity index (χ1v) is 14.7. The van der Waals surface area contributed by atoms with E-state index in [4.69, 9.17) is 25.8 Å². The van der Waals surface area contributed by atoms with Gasteiger partial charge in [-0.15, -0.1) is 11.6 Å². The van der Waals surface area contributed by atoms with Crippen molar-refractivity contribution in [2.45, 2.75) is 58.3 Å². The van der Waals surface area contributed by atoms with E-state index in [2.05, 4.69) is 26.0 Å². The van der Waals surface area contributed by atoms with Gasteiger partial charge in [0.05, 0.1) is 23.7 Å². The minimum absolute atomic E-state index is 0.0139. The summed E-state index contributed by atoms with van der Waals surface area (Å²) in [5, 5.41) is 0. The van der Waals surface area contributed by atoms with Crippen LogP contribution in [-0.4, -0.2) is 42.4 Å². The lowest BCUT2D eigenvalue weighted by Crippen LogP contribution is -2.63. The van der Waals surface area contributed by atoms with E-state index in [0.717, 1.165) is 18.4 Å². The lowest BCUT2D eigenvalue weighted by atomic mass is 9.43. The van der Waals surface area contributed by atoms with Crippen LogP contribution in [0.5, 0.6) is 0 Å². The molecule has 2 fully saturated rings. The molecule has 3 aliphatic carbocycles. The van der Waals surface area contributed by atoms with E-state index in [9.17, 15) is 14.4 Å². The van der Waals surface area contributed by atoms with Gasteiger partial charge in [-0.2, -0.15) is 0 Å². The van der Waals surface area contributed by atoms with E-state index in [0.29, 0.717) is 25.0 Å². The molecule has 0 heterocycles. The Bertz CT molecular complexity index is 1250. The smallest absolute Gasteiger partial charge is 0.338 e. The van der Waals surface area contributed by atoms with E-state index < -0.39 is 23.5 Å². The minimum atomic E-state index is -0.831. The van der Waals surface area contributed by atoms with Crippen LogP contribution in [-0.2, 0) is 30.4 Å². The maximum absolute atomic E-state index is 13.0. The molecule has 0 saturated heterocycles. The van der Waals surface area contributed by atoms with Crippen molar-refractivity contribution in [1.29, 1.82) is 0 Å². The molecule has 0 aliphatic heterocycles. The van der Waals surface area contributed by atoms with Crippen LogP contribution in [0, 0.1) is 28.6 Å². The second-order valence-corrected chi connectivity index (χ2v) is 12.1. The number of fused-ring (bicyclic) bond motifs is 3. The van der Waals surface area contributed by atoms with Gasteiger partial charge in [-0.05, 0) is 66.2 Å². The maximum atomic E-state index is 13.0. The standard InChI is InChI=1S/C33H37ClO6/c1-22-26-18-29(40-30(36)19-34)33(21-39-31(37)24-11-7-4-8-12-24)16-13-25(35)17-28(33)32(26,2)15-14-27(22)38-20-23-9-5-3-6-10-23/h3-13,16,22,26-29H,14-15,17-21H2,1-2H3/t22-,26-,27-,28-,29+,32-,33+/m0/s1. The van der Waals surface area contributed by atoms with Gasteiger partial charge < -0.3 is 14.2 Å². The highest BCUT2D eigenvalue weighted by atomic mass is 35.5. The number of halogens is 1. The summed E-state index contributed by atoms with van der Waals surface area (Å²) in [5.41, 5.74) is 0.506. The van der Waals surface area contributed by atoms with E-state index in [-0.39, 0.29) is 47.5 Å². The van der Waals surface area contributed by atoms with E-state index in [1.54, 1.807) is 30.3 Å². The summed E-state index contributed by atoms with van der Waals surface area (Å²) in [6.07, 6.45) is 5.46. The predicted molar refractivity (Wildman–Crippen MR) is 152 cm³/mol. The molecule has 7 heteroatoms. The van der Waals surface area contributed by atoms with Gasteiger partial charge >= 0.3 is 11.9 Å². The molecule has 2 saturated carbocycles. The predicted octanol–water partition coefficient (Wildman–Crippen LogP) is 6.17. The van der Waals surface area contributed by atoms with Crippen molar-refractivity contribution in [2.75, 3.05) is 12.5 Å². The third kappa shape index (κ3) is 5.48. The van der Waals surface area contributed by atoms with Crippen LogP contribution in [0.4, 0.5) is 0 Å². The molecule has 2 aromatic rings. The Morgan fingerprint density at radius 2 is 1.75 bits per heavy atom. The molecule has 212 valence electrons. The highest BCUT2D eigenvalue weighted by molar-refractivity contribution is 6.26. The highest BCUT2D eigenvalue weighted by Crippen LogP contribution is 2.64. The molecular weight excluding hydrogens is 528 g/mol. The number of allylic oxidation sites excluding steroid dienone is 1. The van der Waals surface area contributed by atoms with Gasteiger partial charge in [0, 0.05) is 6.42 Å². The van der Waals surface area contributed by atoms with Crippen molar-refractivity contribution in [3.8, 4) is 0 Å². The molecule has 7 atom stereocenters. The SMILES string of the molecule is C[C@@H]1[C@@H](OCc2ccccc2)CC[C@@]2(C)[C@H]1C[C@@H](OC(=O)CCl)[C@@]1(COC(=O)c3ccccc3)C=CC(=O)C[C@@H]21. The summed E-state index contributed by atoms with van der Waals surface area (Å²) >= 11 is 5.89. The Morgan fingerprint density at radius 3 is 2.45 bits per heavy atom. The van der Waals surface area contributed by atoms with E-state index in [1.807, 2.05) is 30.3 Å². The average molecular weight is 565 g/mol. The Labute approximate surface area is 241 Å².